The van der Waals surface area contributed by atoms with E-state index in [1.165, 1.54) is 36.6 Å². The first-order chi connectivity index (χ1) is 27.8. The molecule has 0 bridgehead atoms. The lowest BCUT2D eigenvalue weighted by molar-refractivity contribution is 1.07. The van der Waals surface area contributed by atoms with Gasteiger partial charge in [-0.25, -0.2) is 19.9 Å². The number of nitrogens with zero attached hydrogens (tertiary/aromatic N) is 5. The molecule has 0 radical (unpaired) electrons. The average molecular weight is 734 g/mol. The van der Waals surface area contributed by atoms with Gasteiger partial charge in [-0.05, 0) is 35.4 Å². The molecule has 11 rings (SSSR count). The maximum absolute atomic E-state index is 5.24. The molecule has 0 amide bonds. The number of hydrogen-bond acceptors (Lipinski definition) is 5. The first kappa shape index (κ1) is 32.2. The van der Waals surface area contributed by atoms with Crippen LogP contribution in [0.15, 0.2) is 188 Å². The second kappa shape index (κ2) is 13.2. The highest BCUT2D eigenvalue weighted by Gasteiger charge is 2.23. The Labute approximate surface area is 326 Å². The van der Waals surface area contributed by atoms with Gasteiger partial charge >= 0.3 is 0 Å². The summed E-state index contributed by atoms with van der Waals surface area (Å²) in [7, 11) is 0. The zero-order valence-corrected chi connectivity index (χ0v) is 30.9. The molecule has 5 nitrogen and oxygen atoms in total. The first-order valence-electron chi connectivity index (χ1n) is 18.6. The average Bonchev–Trinajstić information content (AvgIpc) is 3.82. The fraction of sp³-hybridized carbons (Fsp3) is 0. The van der Waals surface area contributed by atoms with Crippen LogP contribution in [0.1, 0.15) is 0 Å². The second-order valence-electron chi connectivity index (χ2n) is 13.8. The second-order valence-corrected chi connectivity index (χ2v) is 14.8. The van der Waals surface area contributed by atoms with Crippen LogP contribution in [0.25, 0.3) is 104 Å². The van der Waals surface area contributed by atoms with E-state index in [1.54, 1.807) is 0 Å². The summed E-state index contributed by atoms with van der Waals surface area (Å²) in [4.78, 5) is 21.2. The summed E-state index contributed by atoms with van der Waals surface area (Å²) in [5, 5.41) is 4.91. The van der Waals surface area contributed by atoms with Crippen LogP contribution < -0.4 is 0 Å². The van der Waals surface area contributed by atoms with Crippen molar-refractivity contribution in [3.63, 3.8) is 0 Å². The lowest BCUT2D eigenvalue weighted by Crippen LogP contribution is -2.00. The van der Waals surface area contributed by atoms with Gasteiger partial charge in [0.25, 0.3) is 0 Å². The summed E-state index contributed by atoms with van der Waals surface area (Å²) in [6.07, 6.45) is 0. The van der Waals surface area contributed by atoms with Crippen LogP contribution in [0.5, 0.6) is 0 Å². The molecular weight excluding hydrogens is 703 g/mol. The summed E-state index contributed by atoms with van der Waals surface area (Å²) in [6, 6.07) is 65.4. The molecular formula is C50H31N5S. The molecule has 0 atom stereocenters. The van der Waals surface area contributed by atoms with Gasteiger partial charge in [-0.2, -0.15) is 0 Å². The van der Waals surface area contributed by atoms with Gasteiger partial charge in [0.05, 0.1) is 21.4 Å². The maximum Gasteiger partial charge on any atom is 0.164 e. The fourth-order valence-electron chi connectivity index (χ4n) is 7.80. The molecule has 262 valence electrons. The quantitative estimate of drug-likeness (QED) is 0.171. The number of fused-ring (bicyclic) bond motifs is 7. The van der Waals surface area contributed by atoms with E-state index in [-0.39, 0.29) is 0 Å². The van der Waals surface area contributed by atoms with Crippen LogP contribution in [0.2, 0.25) is 0 Å². The van der Waals surface area contributed by atoms with Crippen LogP contribution in [-0.4, -0.2) is 24.5 Å². The number of para-hydroxylation sites is 2. The highest BCUT2D eigenvalue weighted by Crippen LogP contribution is 2.48. The van der Waals surface area contributed by atoms with Crippen molar-refractivity contribution < 1.29 is 0 Å². The van der Waals surface area contributed by atoms with Crippen molar-refractivity contribution in [3.8, 4) is 62.2 Å². The van der Waals surface area contributed by atoms with Gasteiger partial charge in [0.15, 0.2) is 17.5 Å². The van der Waals surface area contributed by atoms with Gasteiger partial charge in [-0.1, -0.05) is 164 Å². The zero-order chi connectivity index (χ0) is 37.0. The normalized spacial score (nSPS) is 11.6. The highest BCUT2D eigenvalue weighted by atomic mass is 32.1. The first-order valence-corrected chi connectivity index (χ1v) is 19.5. The van der Waals surface area contributed by atoms with Gasteiger partial charge in [-0.3, -0.25) is 0 Å². The van der Waals surface area contributed by atoms with Crippen molar-refractivity contribution in [2.24, 2.45) is 0 Å². The van der Waals surface area contributed by atoms with Crippen molar-refractivity contribution in [2.75, 3.05) is 0 Å². The maximum atomic E-state index is 5.24. The van der Waals surface area contributed by atoms with E-state index in [0.717, 1.165) is 50.3 Å². The van der Waals surface area contributed by atoms with Gasteiger partial charge in [0, 0.05) is 49.5 Å². The van der Waals surface area contributed by atoms with Crippen molar-refractivity contribution >= 4 is 53.4 Å². The Kier molecular flexibility index (Phi) is 7.60. The van der Waals surface area contributed by atoms with E-state index >= 15 is 0 Å². The number of rotatable bonds is 6. The van der Waals surface area contributed by atoms with Gasteiger partial charge in [0.1, 0.15) is 4.83 Å². The van der Waals surface area contributed by atoms with E-state index in [2.05, 4.69) is 132 Å². The van der Waals surface area contributed by atoms with E-state index in [9.17, 15) is 0 Å². The van der Waals surface area contributed by atoms with E-state index in [4.69, 9.17) is 19.9 Å². The molecule has 4 heterocycles. The van der Waals surface area contributed by atoms with Crippen LogP contribution in [0.4, 0.5) is 0 Å². The summed E-state index contributed by atoms with van der Waals surface area (Å²) in [5.41, 5.74) is 10.5. The lowest BCUT2D eigenvalue weighted by atomic mass is 10.00. The van der Waals surface area contributed by atoms with Crippen LogP contribution in [0.3, 0.4) is 0 Å². The van der Waals surface area contributed by atoms with E-state index < -0.39 is 0 Å². The minimum absolute atomic E-state index is 0.640. The third-order valence-corrected chi connectivity index (χ3v) is 11.6. The van der Waals surface area contributed by atoms with Crippen LogP contribution in [-0.2, 0) is 0 Å². The van der Waals surface area contributed by atoms with Crippen molar-refractivity contribution in [1.29, 1.82) is 0 Å². The monoisotopic (exact) mass is 733 g/mol. The van der Waals surface area contributed by atoms with Crippen LogP contribution in [0, 0.1) is 0 Å². The molecule has 0 spiro atoms. The molecule has 0 fully saturated rings. The van der Waals surface area contributed by atoms with Gasteiger partial charge in [0.2, 0.25) is 0 Å². The fourth-order valence-corrected chi connectivity index (χ4v) is 9.17. The molecule has 6 heteroatoms. The van der Waals surface area contributed by atoms with Gasteiger partial charge in [-0.15, -0.1) is 11.3 Å². The zero-order valence-electron chi connectivity index (χ0n) is 30.0. The Morgan fingerprint density at radius 2 is 0.875 bits per heavy atom. The Morgan fingerprint density at radius 1 is 0.375 bits per heavy atom. The minimum Gasteiger partial charge on any atom is -0.301 e. The Bertz CT molecular complexity index is 3150. The molecule has 11 aromatic rings. The Hall–Kier alpha value is -7.28. The molecule has 0 unspecified atom stereocenters. The summed E-state index contributed by atoms with van der Waals surface area (Å²) >= 11 is 1.83. The van der Waals surface area contributed by atoms with Crippen molar-refractivity contribution in [1.82, 2.24) is 24.5 Å². The number of benzene rings is 7. The largest absolute Gasteiger partial charge is 0.301 e. The predicted molar refractivity (Wildman–Crippen MR) is 232 cm³/mol. The van der Waals surface area contributed by atoms with Gasteiger partial charge < -0.3 is 4.57 Å². The summed E-state index contributed by atoms with van der Waals surface area (Å²) < 4.78 is 3.63. The molecule has 0 aliphatic carbocycles. The highest BCUT2D eigenvalue weighted by molar-refractivity contribution is 7.26. The Balaban J connectivity index is 1.08. The van der Waals surface area contributed by atoms with Crippen LogP contribution >= 0.6 is 11.3 Å². The molecule has 4 aromatic heterocycles. The number of thiophene rings is 1. The van der Waals surface area contributed by atoms with E-state index in [0.29, 0.717) is 17.5 Å². The van der Waals surface area contributed by atoms with Crippen molar-refractivity contribution in [3.05, 3.63) is 188 Å². The topological polar surface area (TPSA) is 56.5 Å². The summed E-state index contributed by atoms with van der Waals surface area (Å²) in [6.45, 7) is 0. The summed E-state index contributed by atoms with van der Waals surface area (Å²) in [5.74, 6) is 1.94. The molecule has 0 aliphatic rings. The molecule has 0 aliphatic heterocycles. The molecule has 7 aromatic carbocycles. The molecule has 0 saturated heterocycles. The van der Waals surface area contributed by atoms with E-state index in [1.807, 2.05) is 72.0 Å². The third-order valence-electron chi connectivity index (χ3n) is 10.5. The number of hydrogen-bond donors (Lipinski definition) is 0. The third kappa shape index (κ3) is 5.38. The molecule has 0 N–H and O–H groups in total. The lowest BCUT2D eigenvalue weighted by Gasteiger charge is -2.10. The Morgan fingerprint density at radius 3 is 1.50 bits per heavy atom. The number of pyridine rings is 1. The smallest absolute Gasteiger partial charge is 0.164 e. The SMILES string of the molecule is c1ccc(-c2nc(-c3ccccc3)nc(-c3ccc(-c4ccc5c6c7c(sc6n(-c6ccccc6)c5c4)c(-c4ccccc4)nc4ccccc47)cc3)n2)cc1. The molecule has 0 saturated carbocycles. The predicted octanol–water partition coefficient (Wildman–Crippen LogP) is 13.1. The standard InChI is InChI=1S/C50H31N5S/c1-5-15-33(16-6-1)45-46-43(39-23-13-14-24-41(39)51-45)44-40-30-29-37(31-42(40)55(50(44)56-46)38-21-11-4-12-22-38)32-25-27-36(28-26-32)49-53-47(34-17-7-2-8-18-34)52-48(54-49)35-19-9-3-10-20-35/h1-31H. The minimum atomic E-state index is 0.640. The number of aromatic nitrogens is 5. The molecule has 56 heavy (non-hydrogen) atoms. The van der Waals surface area contributed by atoms with Crippen molar-refractivity contribution in [2.45, 2.75) is 0 Å².